The third-order valence-electron chi connectivity index (χ3n) is 4.96. The Bertz CT molecular complexity index is 1110. The zero-order valence-electron chi connectivity index (χ0n) is 18.7. The molecule has 1 aliphatic heterocycles. The van der Waals surface area contributed by atoms with Crippen LogP contribution in [-0.2, 0) is 25.2 Å². The van der Waals surface area contributed by atoms with Gasteiger partial charge in [-0.05, 0) is 23.3 Å². The summed E-state index contributed by atoms with van der Waals surface area (Å²) >= 11 is 0. The molecule has 0 fully saturated rings. The Hall–Kier alpha value is -2.73. The van der Waals surface area contributed by atoms with Gasteiger partial charge in [0.05, 0.1) is 31.1 Å². The molecule has 34 heavy (non-hydrogen) atoms. The molecule has 1 unspecified atom stereocenters. The lowest BCUT2D eigenvalue weighted by molar-refractivity contribution is -0.0515. The van der Waals surface area contributed by atoms with Crippen molar-refractivity contribution in [3.8, 4) is 28.4 Å². The van der Waals surface area contributed by atoms with Gasteiger partial charge in [-0.1, -0.05) is 24.3 Å². The predicted octanol–water partition coefficient (Wildman–Crippen LogP) is 3.79. The number of sulfonamides is 1. The molecule has 186 valence electrons. The van der Waals surface area contributed by atoms with E-state index in [0.717, 1.165) is 0 Å². The first-order valence-corrected chi connectivity index (χ1v) is 12.2. The third kappa shape index (κ3) is 6.66. The molecular formula is C23H27F2NO7S. The van der Waals surface area contributed by atoms with Crippen LogP contribution < -0.4 is 19.3 Å². The molecule has 0 saturated heterocycles. The van der Waals surface area contributed by atoms with Crippen LogP contribution in [0.15, 0.2) is 43.0 Å². The molecule has 11 heteroatoms. The fourth-order valence-corrected chi connectivity index (χ4v) is 4.29. The first-order chi connectivity index (χ1) is 16.2. The first-order valence-electron chi connectivity index (χ1n) is 10.5. The van der Waals surface area contributed by atoms with Gasteiger partial charge in [0.15, 0.2) is 11.5 Å². The van der Waals surface area contributed by atoms with Crippen molar-refractivity contribution in [2.75, 3.05) is 33.5 Å². The Morgan fingerprint density at radius 1 is 1.18 bits per heavy atom. The fraction of sp³-hybridized carbons (Fsp3) is 0.391. The number of halogens is 2. The van der Waals surface area contributed by atoms with Crippen molar-refractivity contribution in [1.82, 2.24) is 0 Å². The Kier molecular flexibility index (Phi) is 8.84. The van der Waals surface area contributed by atoms with Crippen LogP contribution in [0.3, 0.4) is 0 Å². The van der Waals surface area contributed by atoms with Crippen molar-refractivity contribution < 1.29 is 40.9 Å². The van der Waals surface area contributed by atoms with Gasteiger partial charge in [-0.25, -0.2) is 13.6 Å². The number of rotatable bonds is 13. The summed E-state index contributed by atoms with van der Waals surface area (Å²) in [6, 6.07) is 7.97. The van der Waals surface area contributed by atoms with Gasteiger partial charge in [0.25, 0.3) is 0 Å². The second kappa shape index (κ2) is 11.6. The van der Waals surface area contributed by atoms with Crippen LogP contribution in [0.5, 0.6) is 17.2 Å². The van der Waals surface area contributed by atoms with Crippen molar-refractivity contribution in [1.29, 1.82) is 0 Å². The number of alkyl halides is 2. The van der Waals surface area contributed by atoms with E-state index >= 15 is 0 Å². The molecule has 0 aliphatic carbocycles. The highest BCUT2D eigenvalue weighted by atomic mass is 32.2. The molecule has 2 aromatic carbocycles. The summed E-state index contributed by atoms with van der Waals surface area (Å²) in [5.41, 5.74) is 1.89. The highest BCUT2D eigenvalue weighted by Gasteiger charge is 2.31. The van der Waals surface area contributed by atoms with Crippen LogP contribution >= 0.6 is 0 Å². The minimum Gasteiger partial charge on any atom is -0.487 e. The Morgan fingerprint density at radius 2 is 1.94 bits per heavy atom. The number of hydrogen-bond donors (Lipinski definition) is 1. The summed E-state index contributed by atoms with van der Waals surface area (Å²) in [5, 5.41) is 5.18. The Balaban J connectivity index is 2.01. The number of benzene rings is 2. The second-order valence-electron chi connectivity index (χ2n) is 7.46. The number of ether oxygens (including phenoxy) is 5. The summed E-state index contributed by atoms with van der Waals surface area (Å²) in [5.74, 6) is -0.125. The van der Waals surface area contributed by atoms with E-state index in [4.69, 9.17) is 28.8 Å². The van der Waals surface area contributed by atoms with Crippen molar-refractivity contribution in [2.24, 2.45) is 5.14 Å². The van der Waals surface area contributed by atoms with Crippen LogP contribution in [-0.4, -0.2) is 48.6 Å². The summed E-state index contributed by atoms with van der Waals surface area (Å²) < 4.78 is 76.7. The Labute approximate surface area is 197 Å². The average molecular weight is 500 g/mol. The van der Waals surface area contributed by atoms with Crippen molar-refractivity contribution in [3.63, 3.8) is 0 Å². The van der Waals surface area contributed by atoms with Gasteiger partial charge < -0.3 is 23.7 Å². The zero-order valence-corrected chi connectivity index (χ0v) is 19.5. The van der Waals surface area contributed by atoms with E-state index in [1.807, 2.05) is 0 Å². The van der Waals surface area contributed by atoms with Gasteiger partial charge in [0, 0.05) is 19.1 Å². The molecule has 0 aromatic heterocycles. The number of nitrogens with two attached hydrogens (primary N) is 1. The summed E-state index contributed by atoms with van der Waals surface area (Å²) in [6.07, 6.45) is 1.57. The van der Waals surface area contributed by atoms with Gasteiger partial charge >= 0.3 is 6.61 Å². The Morgan fingerprint density at radius 3 is 2.62 bits per heavy atom. The second-order valence-corrected chi connectivity index (χ2v) is 9.07. The lowest BCUT2D eigenvalue weighted by atomic mass is 9.89. The molecule has 0 amide bonds. The van der Waals surface area contributed by atoms with Gasteiger partial charge in [-0.2, -0.15) is 8.78 Å². The smallest absolute Gasteiger partial charge is 0.387 e. The molecule has 2 aromatic rings. The average Bonchev–Trinajstić information content (AvgIpc) is 2.76. The minimum atomic E-state index is -3.77. The van der Waals surface area contributed by atoms with Crippen molar-refractivity contribution in [2.45, 2.75) is 24.9 Å². The fourth-order valence-electron chi connectivity index (χ4n) is 3.64. The number of methoxy groups -OCH3 is 1. The minimum absolute atomic E-state index is 0.0970. The molecule has 0 radical (unpaired) electrons. The lowest BCUT2D eigenvalue weighted by Gasteiger charge is -2.30. The summed E-state index contributed by atoms with van der Waals surface area (Å²) in [6.45, 7) is 1.75. The van der Waals surface area contributed by atoms with Crippen LogP contribution in [0, 0.1) is 0 Å². The van der Waals surface area contributed by atoms with E-state index in [-0.39, 0.29) is 36.0 Å². The van der Waals surface area contributed by atoms with E-state index in [9.17, 15) is 17.2 Å². The topological polar surface area (TPSA) is 106 Å². The quantitative estimate of drug-likeness (QED) is 0.330. The van der Waals surface area contributed by atoms with E-state index < -0.39 is 22.7 Å². The standard InChI is InChI=1S/C23H27F2NO7S/c1-3-4-18-17-13-15(14-34(26,27)28)5-6-16(17)21-19(32-18)7-8-20(22(21)33-23(24)25)31-12-11-30-10-9-29-2/h3,5-8,13,18,23H,1,4,9-12,14H2,2H3,(H2,26,27,28). The highest BCUT2D eigenvalue weighted by Crippen LogP contribution is 2.52. The zero-order chi connectivity index (χ0) is 24.7. The third-order valence-corrected chi connectivity index (χ3v) is 5.69. The van der Waals surface area contributed by atoms with Crippen LogP contribution in [0.1, 0.15) is 23.7 Å². The molecule has 1 aliphatic rings. The maximum Gasteiger partial charge on any atom is 0.387 e. The van der Waals surface area contributed by atoms with Gasteiger partial charge in [0.1, 0.15) is 18.5 Å². The van der Waals surface area contributed by atoms with Crippen molar-refractivity contribution in [3.05, 3.63) is 54.1 Å². The molecule has 0 saturated carbocycles. The maximum atomic E-state index is 13.4. The first kappa shape index (κ1) is 25.9. The predicted molar refractivity (Wildman–Crippen MR) is 122 cm³/mol. The van der Waals surface area contributed by atoms with E-state index in [0.29, 0.717) is 42.1 Å². The lowest BCUT2D eigenvalue weighted by Crippen LogP contribution is -2.18. The van der Waals surface area contributed by atoms with Crippen molar-refractivity contribution >= 4 is 10.0 Å². The van der Waals surface area contributed by atoms with Gasteiger partial charge in [-0.3, -0.25) is 0 Å². The molecule has 2 N–H and O–H groups in total. The van der Waals surface area contributed by atoms with Gasteiger partial charge in [-0.15, -0.1) is 6.58 Å². The van der Waals surface area contributed by atoms with E-state index in [1.54, 1.807) is 37.5 Å². The molecule has 0 spiro atoms. The SMILES string of the molecule is C=CCC1Oc2ccc(OCCOCCOC)c(OC(F)F)c2-c2ccc(CS(N)(=O)=O)cc21. The summed E-state index contributed by atoms with van der Waals surface area (Å²) in [7, 11) is -2.21. The molecule has 1 heterocycles. The molecule has 1 atom stereocenters. The molecule has 3 rings (SSSR count). The maximum absolute atomic E-state index is 13.4. The number of fused-ring (bicyclic) bond motifs is 3. The largest absolute Gasteiger partial charge is 0.487 e. The van der Waals surface area contributed by atoms with Crippen LogP contribution in [0.25, 0.3) is 11.1 Å². The monoisotopic (exact) mass is 499 g/mol. The van der Waals surface area contributed by atoms with Crippen LogP contribution in [0.4, 0.5) is 8.78 Å². The number of hydrogen-bond acceptors (Lipinski definition) is 7. The van der Waals surface area contributed by atoms with E-state index in [2.05, 4.69) is 6.58 Å². The molecule has 8 nitrogen and oxygen atoms in total. The number of primary sulfonamides is 1. The van der Waals surface area contributed by atoms with E-state index in [1.165, 1.54) is 6.07 Å². The van der Waals surface area contributed by atoms with Gasteiger partial charge in [0.2, 0.25) is 10.0 Å². The molecule has 0 bridgehead atoms. The highest BCUT2D eigenvalue weighted by molar-refractivity contribution is 7.88. The molecular weight excluding hydrogens is 472 g/mol. The normalized spacial score (nSPS) is 14.8. The van der Waals surface area contributed by atoms with Crippen LogP contribution in [0.2, 0.25) is 0 Å². The summed E-state index contributed by atoms with van der Waals surface area (Å²) in [4.78, 5) is 0.